The summed E-state index contributed by atoms with van der Waals surface area (Å²) in [7, 11) is 0. The summed E-state index contributed by atoms with van der Waals surface area (Å²) in [6, 6.07) is 51.1. The van der Waals surface area contributed by atoms with Crippen molar-refractivity contribution in [2.75, 3.05) is 9.80 Å². The van der Waals surface area contributed by atoms with Gasteiger partial charge < -0.3 is 23.2 Å². The molecule has 224 valence electrons. The summed E-state index contributed by atoms with van der Waals surface area (Å²) in [5.74, 6) is 3.13. The zero-order valence-corrected chi connectivity index (χ0v) is 25.2. The molecule has 0 bridgehead atoms. The van der Waals surface area contributed by atoms with Gasteiger partial charge >= 0.3 is 0 Å². The smallest absolute Gasteiger partial charge is 0.160 e. The number of nitrogens with zero attached hydrogens (tertiary/aromatic N) is 2. The molecular formula is C42H22N2O4. The van der Waals surface area contributed by atoms with E-state index in [4.69, 9.17) is 18.3 Å². The largest absolute Gasteiger partial charge is 0.456 e. The van der Waals surface area contributed by atoms with Gasteiger partial charge in [-0.1, -0.05) is 42.5 Å². The van der Waals surface area contributed by atoms with Crippen LogP contribution in [-0.4, -0.2) is 0 Å². The summed E-state index contributed by atoms with van der Waals surface area (Å²) >= 11 is 0. The molecular weight excluding hydrogens is 596 g/mol. The van der Waals surface area contributed by atoms with E-state index in [0.717, 1.165) is 101 Å². The average molecular weight is 619 g/mol. The molecule has 4 heterocycles. The molecule has 2 aliphatic heterocycles. The first kappa shape index (κ1) is 25.4. The maximum absolute atomic E-state index is 6.48. The van der Waals surface area contributed by atoms with Crippen molar-refractivity contribution in [3.63, 3.8) is 0 Å². The van der Waals surface area contributed by atoms with Crippen molar-refractivity contribution >= 4 is 78.0 Å². The molecule has 6 heteroatoms. The zero-order chi connectivity index (χ0) is 31.3. The lowest BCUT2D eigenvalue weighted by atomic mass is 10.0. The molecule has 2 aliphatic rings. The molecule has 0 saturated carbocycles. The number of furan rings is 2. The lowest BCUT2D eigenvalue weighted by Crippen LogP contribution is -2.15. The van der Waals surface area contributed by atoms with Crippen molar-refractivity contribution in [3.8, 4) is 23.0 Å². The Bertz CT molecular complexity index is 2490. The van der Waals surface area contributed by atoms with E-state index in [9.17, 15) is 0 Å². The maximum Gasteiger partial charge on any atom is 0.160 e. The lowest BCUT2D eigenvalue weighted by Gasteiger charge is -2.32. The number of benzene rings is 6. The minimum atomic E-state index is 0.728. The molecule has 2 aromatic heterocycles. The Morgan fingerprint density at radius 1 is 0.438 bits per heavy atom. The molecule has 0 spiro atoms. The van der Waals surface area contributed by atoms with Gasteiger partial charge in [0.1, 0.15) is 28.0 Å². The highest BCUT2D eigenvalue weighted by molar-refractivity contribution is 6.26. The van der Waals surface area contributed by atoms with Crippen LogP contribution in [0.15, 0.2) is 142 Å². The van der Waals surface area contributed by atoms with Crippen LogP contribution in [0, 0.1) is 12.1 Å². The van der Waals surface area contributed by atoms with E-state index in [1.54, 1.807) is 0 Å². The Morgan fingerprint density at radius 3 is 1.50 bits per heavy atom. The number of anilines is 6. The van der Waals surface area contributed by atoms with Crippen molar-refractivity contribution in [2.45, 2.75) is 0 Å². The number of hydrogen-bond acceptors (Lipinski definition) is 6. The second-order valence-electron chi connectivity index (χ2n) is 12.0. The second-order valence-corrected chi connectivity index (χ2v) is 12.0. The van der Waals surface area contributed by atoms with Gasteiger partial charge in [0, 0.05) is 32.9 Å². The van der Waals surface area contributed by atoms with Gasteiger partial charge in [0.15, 0.2) is 23.0 Å². The Balaban J connectivity index is 1.15. The van der Waals surface area contributed by atoms with Crippen LogP contribution in [0.5, 0.6) is 23.0 Å². The first-order chi connectivity index (χ1) is 23.8. The van der Waals surface area contributed by atoms with Gasteiger partial charge in [-0.25, -0.2) is 0 Å². The fraction of sp³-hybridized carbons (Fsp3) is 0. The monoisotopic (exact) mass is 618 g/mol. The van der Waals surface area contributed by atoms with E-state index in [2.05, 4.69) is 70.5 Å². The molecule has 0 aliphatic carbocycles. The van der Waals surface area contributed by atoms with Crippen LogP contribution in [0.2, 0.25) is 0 Å². The highest BCUT2D eigenvalue weighted by Gasteiger charge is 2.28. The van der Waals surface area contributed by atoms with E-state index in [-0.39, 0.29) is 0 Å². The fourth-order valence-corrected chi connectivity index (χ4v) is 7.22. The number of rotatable bonds is 2. The average Bonchev–Trinajstić information content (AvgIpc) is 3.70. The van der Waals surface area contributed by atoms with E-state index < -0.39 is 0 Å². The topological polar surface area (TPSA) is 51.2 Å². The quantitative estimate of drug-likeness (QED) is 0.192. The first-order valence-corrected chi connectivity index (χ1v) is 15.8. The van der Waals surface area contributed by atoms with Gasteiger partial charge in [-0.15, -0.1) is 0 Å². The van der Waals surface area contributed by atoms with Crippen molar-refractivity contribution in [2.24, 2.45) is 0 Å². The first-order valence-electron chi connectivity index (χ1n) is 15.8. The van der Waals surface area contributed by atoms with Crippen molar-refractivity contribution < 1.29 is 18.3 Å². The zero-order valence-electron chi connectivity index (χ0n) is 25.2. The van der Waals surface area contributed by atoms with E-state index >= 15 is 0 Å². The van der Waals surface area contributed by atoms with Gasteiger partial charge in [-0.05, 0) is 103 Å². The molecule has 11 rings (SSSR count). The minimum absolute atomic E-state index is 0.728. The van der Waals surface area contributed by atoms with Crippen molar-refractivity contribution in [1.82, 2.24) is 0 Å². The predicted octanol–water partition coefficient (Wildman–Crippen LogP) is 12.2. The van der Waals surface area contributed by atoms with Crippen LogP contribution in [0.4, 0.5) is 34.1 Å². The van der Waals surface area contributed by atoms with E-state index in [1.807, 2.05) is 84.9 Å². The van der Waals surface area contributed by atoms with E-state index in [0.29, 0.717) is 0 Å². The van der Waals surface area contributed by atoms with Crippen LogP contribution in [0.3, 0.4) is 0 Å². The van der Waals surface area contributed by atoms with E-state index in [1.165, 1.54) is 0 Å². The van der Waals surface area contributed by atoms with Crippen molar-refractivity contribution in [3.05, 3.63) is 146 Å². The second kappa shape index (κ2) is 9.35. The number of ether oxygens (including phenoxy) is 2. The molecule has 7 aromatic carbocycles. The molecule has 0 unspecified atom stereocenters. The fourth-order valence-electron chi connectivity index (χ4n) is 7.22. The van der Waals surface area contributed by atoms with Gasteiger partial charge in [-0.3, -0.25) is 4.90 Å². The van der Waals surface area contributed by atoms with Gasteiger partial charge in [0.2, 0.25) is 0 Å². The molecule has 9 aromatic rings. The molecule has 0 fully saturated rings. The molecule has 0 radical (unpaired) electrons. The third-order valence-corrected chi connectivity index (χ3v) is 9.27. The Kier molecular flexibility index (Phi) is 4.94. The maximum atomic E-state index is 6.48. The Labute approximate surface area is 274 Å². The van der Waals surface area contributed by atoms with Crippen LogP contribution in [0.1, 0.15) is 0 Å². The highest BCUT2D eigenvalue weighted by Crippen LogP contribution is 2.53. The predicted molar refractivity (Wildman–Crippen MR) is 188 cm³/mol. The number of fused-ring (bicyclic) bond motifs is 11. The van der Waals surface area contributed by atoms with Gasteiger partial charge in [-0.2, -0.15) is 0 Å². The molecule has 0 atom stereocenters. The standard InChI is InChI=1S/C42H22N2O4/c1-5-13-35-29(9-1)43(30-10-2-6-14-36(30)47-35)25-17-19-33-27(23-25)41-39(45-33)21-22-40-42(41)28-24-26(18-20-34(28)46-40)44-31-11-3-7-15-37(31)48-38-16-8-4-12-32(38)44/h1-3,5-11,13-24H. The molecule has 0 N–H and O–H groups in total. The summed E-state index contributed by atoms with van der Waals surface area (Å²) in [4.78, 5) is 4.42. The summed E-state index contributed by atoms with van der Waals surface area (Å²) in [5.41, 5.74) is 8.87. The summed E-state index contributed by atoms with van der Waals surface area (Å²) in [6.07, 6.45) is 0. The third-order valence-electron chi connectivity index (χ3n) is 9.27. The molecule has 48 heavy (non-hydrogen) atoms. The molecule has 0 amide bonds. The summed E-state index contributed by atoms with van der Waals surface area (Å²) in [6.45, 7) is 0. The third kappa shape index (κ3) is 3.47. The molecule has 0 saturated heterocycles. The SMILES string of the molecule is c1ccc2c(c#1)N(c1ccc3oc4ccc5oc6ccc(N7c8ccccc8Oc8ccccc87)cc6c5c4c3c1)c1ccccc1O2. The number of para-hydroxylation sites is 6. The Hall–Kier alpha value is -6.84. The van der Waals surface area contributed by atoms with Crippen LogP contribution in [-0.2, 0) is 0 Å². The minimum Gasteiger partial charge on any atom is -0.456 e. The number of hydrogen-bond donors (Lipinski definition) is 0. The van der Waals surface area contributed by atoms with Gasteiger partial charge in [0.05, 0.1) is 17.1 Å². The van der Waals surface area contributed by atoms with Gasteiger partial charge in [0.25, 0.3) is 0 Å². The lowest BCUT2D eigenvalue weighted by molar-refractivity contribution is 0.477. The van der Waals surface area contributed by atoms with Crippen LogP contribution in [0.25, 0.3) is 43.9 Å². The molecule has 6 nitrogen and oxygen atoms in total. The van der Waals surface area contributed by atoms with Crippen molar-refractivity contribution in [1.29, 1.82) is 0 Å². The highest BCUT2D eigenvalue weighted by atomic mass is 16.5. The van der Waals surface area contributed by atoms with Crippen LogP contribution >= 0.6 is 0 Å². The normalized spacial score (nSPS) is 13.1. The van der Waals surface area contributed by atoms with Crippen LogP contribution < -0.4 is 19.3 Å². The Morgan fingerprint density at radius 2 is 0.917 bits per heavy atom. The summed E-state index contributed by atoms with van der Waals surface area (Å²) < 4.78 is 25.5. The summed E-state index contributed by atoms with van der Waals surface area (Å²) in [5, 5.41) is 4.02.